The van der Waals surface area contributed by atoms with Gasteiger partial charge in [0.05, 0.1) is 6.42 Å². The number of carboxylic acids is 2. The zero-order valence-electron chi connectivity index (χ0n) is 16.0. The molecule has 0 rings (SSSR count). The van der Waals surface area contributed by atoms with Crippen LogP contribution in [-0.4, -0.2) is 34.4 Å². The molecule has 0 radical (unpaired) electrons. The zero-order chi connectivity index (χ0) is 18.8. The molecule has 2 N–H and O–H groups in total. The smallest absolute Gasteiger partial charge is 0.350 e. The number of hydrogen-bond donors (Lipinski definition) is 2. The molecule has 25 heavy (non-hydrogen) atoms. The Morgan fingerprint density at radius 1 is 0.680 bits per heavy atom. The number of unbranched alkanes of at least 4 members (excludes halogenated alkanes) is 13. The van der Waals surface area contributed by atoms with E-state index in [9.17, 15) is 9.59 Å². The largest absolute Gasteiger partial charge is 0.481 e. The SMILES string of the molecule is CCCCCCCCCCCCCCCCN=C(CC(=O)O)C(=O)O. The third kappa shape index (κ3) is 17.2. The lowest BCUT2D eigenvalue weighted by molar-refractivity contribution is -0.137. The molecule has 5 heteroatoms. The van der Waals surface area contributed by atoms with Crippen LogP contribution in [0, 0.1) is 0 Å². The van der Waals surface area contributed by atoms with Crippen molar-refractivity contribution < 1.29 is 19.8 Å². The summed E-state index contributed by atoms with van der Waals surface area (Å²) < 4.78 is 0. The second-order valence-electron chi connectivity index (χ2n) is 6.80. The van der Waals surface area contributed by atoms with Crippen LogP contribution >= 0.6 is 0 Å². The summed E-state index contributed by atoms with van der Waals surface area (Å²) in [5.74, 6) is -2.38. The number of rotatable bonds is 18. The normalized spacial score (nSPS) is 11.6. The predicted octanol–water partition coefficient (Wildman–Crippen LogP) is 5.47. The highest BCUT2D eigenvalue weighted by Gasteiger charge is 2.12. The molecule has 0 spiro atoms. The molecular formula is C20H37NO4. The molecule has 0 bridgehead atoms. The van der Waals surface area contributed by atoms with E-state index in [4.69, 9.17) is 10.2 Å². The van der Waals surface area contributed by atoms with E-state index in [1.54, 1.807) is 0 Å². The molecule has 0 heterocycles. The highest BCUT2D eigenvalue weighted by atomic mass is 16.4. The maximum absolute atomic E-state index is 10.8. The molecule has 0 saturated carbocycles. The van der Waals surface area contributed by atoms with Gasteiger partial charge in [0.2, 0.25) is 0 Å². The minimum atomic E-state index is -1.23. The van der Waals surface area contributed by atoms with Gasteiger partial charge in [-0.1, -0.05) is 90.4 Å². The Morgan fingerprint density at radius 3 is 1.44 bits per heavy atom. The van der Waals surface area contributed by atoms with Crippen LogP contribution in [0.4, 0.5) is 0 Å². The zero-order valence-corrected chi connectivity index (χ0v) is 16.0. The van der Waals surface area contributed by atoms with Crippen molar-refractivity contribution in [3.8, 4) is 0 Å². The van der Waals surface area contributed by atoms with Crippen LogP contribution in [0.3, 0.4) is 0 Å². The van der Waals surface area contributed by atoms with Crippen molar-refractivity contribution >= 4 is 17.7 Å². The topological polar surface area (TPSA) is 87.0 Å². The van der Waals surface area contributed by atoms with Gasteiger partial charge >= 0.3 is 11.9 Å². The minimum absolute atomic E-state index is 0.248. The van der Waals surface area contributed by atoms with Gasteiger partial charge in [-0.25, -0.2) is 4.79 Å². The highest BCUT2D eigenvalue weighted by molar-refractivity contribution is 6.38. The molecule has 0 amide bonds. The van der Waals surface area contributed by atoms with E-state index in [1.807, 2.05) is 0 Å². The lowest BCUT2D eigenvalue weighted by atomic mass is 10.0. The fraction of sp³-hybridized carbons (Fsp3) is 0.850. The van der Waals surface area contributed by atoms with Gasteiger partial charge in [-0.05, 0) is 6.42 Å². The summed E-state index contributed by atoms with van der Waals surface area (Å²) in [6.07, 6.45) is 17.3. The predicted molar refractivity (Wildman–Crippen MR) is 103 cm³/mol. The Morgan fingerprint density at radius 2 is 1.08 bits per heavy atom. The first-order chi connectivity index (χ1) is 12.1. The summed E-state index contributed by atoms with van der Waals surface area (Å²) in [7, 11) is 0. The summed E-state index contributed by atoms with van der Waals surface area (Å²) in [4.78, 5) is 25.2. The fourth-order valence-electron chi connectivity index (χ4n) is 2.86. The highest BCUT2D eigenvalue weighted by Crippen LogP contribution is 2.12. The van der Waals surface area contributed by atoms with Crippen molar-refractivity contribution in [2.45, 2.75) is 103 Å². The van der Waals surface area contributed by atoms with Crippen LogP contribution in [-0.2, 0) is 9.59 Å². The number of carbonyl (C=O) groups is 2. The van der Waals surface area contributed by atoms with Crippen LogP contribution in [0.15, 0.2) is 4.99 Å². The van der Waals surface area contributed by atoms with Gasteiger partial charge in [-0.3, -0.25) is 9.79 Å². The van der Waals surface area contributed by atoms with Crippen LogP contribution in [0.25, 0.3) is 0 Å². The van der Waals surface area contributed by atoms with E-state index >= 15 is 0 Å². The van der Waals surface area contributed by atoms with Crippen LogP contribution < -0.4 is 0 Å². The standard InChI is InChI=1S/C20H37NO4/c1-2-3-4-5-6-7-8-9-10-11-12-13-14-15-16-21-18(20(24)25)17-19(22)23/h2-17H2,1H3,(H,22,23)(H,24,25). The Hall–Kier alpha value is -1.39. The van der Waals surface area contributed by atoms with E-state index in [0.717, 1.165) is 19.3 Å². The molecule has 146 valence electrons. The third-order valence-corrected chi connectivity index (χ3v) is 4.38. The monoisotopic (exact) mass is 355 g/mol. The minimum Gasteiger partial charge on any atom is -0.481 e. The summed E-state index contributed by atoms with van der Waals surface area (Å²) in [5, 5.41) is 17.5. The van der Waals surface area contributed by atoms with Crippen LogP contribution in [0.2, 0.25) is 0 Å². The summed E-state index contributed by atoms with van der Waals surface area (Å²) >= 11 is 0. The molecule has 0 aromatic carbocycles. The molecule has 0 saturated heterocycles. The molecule has 0 unspecified atom stereocenters. The second-order valence-corrected chi connectivity index (χ2v) is 6.80. The molecule has 0 atom stereocenters. The Kier molecular flexibility index (Phi) is 16.5. The first-order valence-electron chi connectivity index (χ1n) is 10.1. The van der Waals surface area contributed by atoms with Gasteiger partial charge in [0.15, 0.2) is 0 Å². The quantitative estimate of drug-likeness (QED) is 0.252. The number of nitrogens with zero attached hydrogens (tertiary/aromatic N) is 1. The van der Waals surface area contributed by atoms with Crippen molar-refractivity contribution in [2.24, 2.45) is 4.99 Å². The molecular weight excluding hydrogens is 318 g/mol. The number of hydrogen-bond acceptors (Lipinski definition) is 3. The summed E-state index contributed by atoms with van der Waals surface area (Å²) in [6.45, 7) is 2.66. The van der Waals surface area contributed by atoms with E-state index in [1.165, 1.54) is 70.6 Å². The molecule has 0 aliphatic rings. The van der Waals surface area contributed by atoms with Crippen molar-refractivity contribution in [1.29, 1.82) is 0 Å². The lowest BCUT2D eigenvalue weighted by Gasteiger charge is -2.03. The van der Waals surface area contributed by atoms with Crippen molar-refractivity contribution in [1.82, 2.24) is 0 Å². The van der Waals surface area contributed by atoms with Gasteiger partial charge in [-0.15, -0.1) is 0 Å². The Balaban J connectivity index is 3.38. The number of aliphatic carboxylic acids is 2. The number of aliphatic imine (C=N–C) groups is 1. The molecule has 5 nitrogen and oxygen atoms in total. The Labute approximate surface area is 152 Å². The fourth-order valence-corrected chi connectivity index (χ4v) is 2.86. The van der Waals surface area contributed by atoms with Crippen molar-refractivity contribution in [3.05, 3.63) is 0 Å². The first-order valence-corrected chi connectivity index (χ1v) is 10.1. The maximum atomic E-state index is 10.8. The molecule has 0 aliphatic heterocycles. The summed E-state index contributed by atoms with van der Waals surface area (Å²) in [6, 6.07) is 0. The first kappa shape index (κ1) is 23.6. The van der Waals surface area contributed by atoms with Gasteiger partial charge in [-0.2, -0.15) is 0 Å². The maximum Gasteiger partial charge on any atom is 0.350 e. The van der Waals surface area contributed by atoms with Crippen molar-refractivity contribution in [2.75, 3.05) is 6.54 Å². The van der Waals surface area contributed by atoms with Gasteiger partial charge < -0.3 is 10.2 Å². The molecule has 0 aromatic heterocycles. The van der Waals surface area contributed by atoms with Crippen LogP contribution in [0.1, 0.15) is 103 Å². The van der Waals surface area contributed by atoms with E-state index in [2.05, 4.69) is 11.9 Å². The average molecular weight is 356 g/mol. The molecule has 0 aromatic rings. The van der Waals surface area contributed by atoms with Gasteiger partial charge in [0, 0.05) is 6.54 Å². The molecule has 0 fully saturated rings. The van der Waals surface area contributed by atoms with E-state index in [-0.39, 0.29) is 5.71 Å². The van der Waals surface area contributed by atoms with E-state index in [0.29, 0.717) is 6.54 Å². The second kappa shape index (κ2) is 17.4. The summed E-state index contributed by atoms with van der Waals surface area (Å²) in [5.41, 5.74) is -0.248. The third-order valence-electron chi connectivity index (χ3n) is 4.38. The van der Waals surface area contributed by atoms with Gasteiger partial charge in [0.25, 0.3) is 0 Å². The Bertz CT molecular complexity index is 380. The van der Waals surface area contributed by atoms with Gasteiger partial charge in [0.1, 0.15) is 5.71 Å². The number of carboxylic acid groups (broad SMARTS) is 2. The van der Waals surface area contributed by atoms with Crippen molar-refractivity contribution in [3.63, 3.8) is 0 Å². The van der Waals surface area contributed by atoms with E-state index < -0.39 is 18.4 Å². The average Bonchev–Trinajstić information content (AvgIpc) is 2.56. The lowest BCUT2D eigenvalue weighted by Crippen LogP contribution is -2.17. The van der Waals surface area contributed by atoms with Crippen LogP contribution in [0.5, 0.6) is 0 Å². The molecule has 0 aliphatic carbocycles.